The van der Waals surface area contributed by atoms with Gasteiger partial charge in [0.05, 0.1) is 0 Å². The second kappa shape index (κ2) is 21.8. The van der Waals surface area contributed by atoms with Gasteiger partial charge >= 0.3 is 11.9 Å². The maximum absolute atomic E-state index is 11.0. The van der Waals surface area contributed by atoms with Gasteiger partial charge in [0.1, 0.15) is 36.6 Å². The van der Waals surface area contributed by atoms with Gasteiger partial charge in [0.2, 0.25) is 0 Å². The number of carbonyl (C=O) groups excluding carboxylic acids is 4. The second-order valence-corrected chi connectivity index (χ2v) is 6.47. The molecule has 0 N–H and O–H groups in total. The largest absolute Gasteiger partial charge is 0.349 e. The van der Waals surface area contributed by atoms with E-state index in [9.17, 15) is 19.2 Å². The summed E-state index contributed by atoms with van der Waals surface area (Å²) in [7, 11) is 0. The van der Waals surface area contributed by atoms with Crippen LogP contribution in [-0.2, 0) is 64.9 Å². The molecule has 0 heterocycles. The molecule has 29 heavy (non-hydrogen) atoms. The van der Waals surface area contributed by atoms with Gasteiger partial charge in [-0.3, -0.25) is 19.4 Å². The molecule has 0 bridgehead atoms. The van der Waals surface area contributed by atoms with E-state index < -0.39 is 11.9 Å². The molecule has 2 atom stereocenters. The van der Waals surface area contributed by atoms with Crippen LogP contribution in [0.25, 0.3) is 0 Å². The molecule has 0 aromatic rings. The van der Waals surface area contributed by atoms with Crippen molar-refractivity contribution in [3.8, 4) is 0 Å². The molecule has 0 saturated carbocycles. The van der Waals surface area contributed by atoms with Crippen molar-refractivity contribution in [3.05, 3.63) is 0 Å². The van der Waals surface area contributed by atoms with Gasteiger partial charge in [-0.1, -0.05) is 27.7 Å². The van der Waals surface area contributed by atoms with Crippen molar-refractivity contribution in [1.82, 2.24) is 0 Å². The zero-order valence-electron chi connectivity index (χ0n) is 18.6. The average Bonchev–Trinajstić information content (AvgIpc) is 2.64. The Bertz CT molecular complexity index is 425. The summed E-state index contributed by atoms with van der Waals surface area (Å²) < 4.78 is 0. The monoisotopic (exact) mass is 494 g/mol. The molecule has 0 amide bonds. The topological polar surface area (TPSA) is 105 Å². The maximum Gasteiger partial charge on any atom is 0.349 e. The number of carbonyl (C=O) groups is 4. The summed E-state index contributed by atoms with van der Waals surface area (Å²) in [6, 6.07) is 0. The third kappa shape index (κ3) is 23.2. The summed E-state index contributed by atoms with van der Waals surface area (Å²) in [5.41, 5.74) is 0. The minimum Gasteiger partial charge on any atom is -0.299 e. The Morgan fingerprint density at radius 3 is 1.21 bits per heavy atom. The Hall–Kier alpha value is -0.917. The van der Waals surface area contributed by atoms with Crippen molar-refractivity contribution >= 4 is 23.5 Å². The Morgan fingerprint density at radius 1 is 0.655 bits per heavy atom. The molecule has 0 saturated heterocycles. The van der Waals surface area contributed by atoms with Crippen LogP contribution in [0.3, 0.4) is 0 Å². The van der Waals surface area contributed by atoms with E-state index in [1.165, 1.54) is 0 Å². The Kier molecular flexibility index (Phi) is 24.6. The van der Waals surface area contributed by atoms with E-state index in [0.717, 1.165) is 25.7 Å². The molecule has 0 aliphatic carbocycles. The fraction of sp³-hybridized carbons (Fsp3) is 0.800. The second-order valence-electron chi connectivity index (χ2n) is 6.47. The van der Waals surface area contributed by atoms with Crippen LogP contribution in [0.1, 0.15) is 92.9 Å². The van der Waals surface area contributed by atoms with Crippen molar-refractivity contribution in [2.75, 3.05) is 0 Å². The Morgan fingerprint density at radius 2 is 0.966 bits per heavy atom. The molecular formula is C20H36O8Zr. The van der Waals surface area contributed by atoms with Crippen LogP contribution in [0.5, 0.6) is 0 Å². The van der Waals surface area contributed by atoms with Gasteiger partial charge in [-0.15, -0.1) is 0 Å². The van der Waals surface area contributed by atoms with E-state index in [2.05, 4.69) is 9.78 Å². The molecule has 9 heteroatoms. The predicted molar refractivity (Wildman–Crippen MR) is 103 cm³/mol. The minimum atomic E-state index is -0.608. The molecule has 0 aliphatic rings. The van der Waals surface area contributed by atoms with E-state index in [-0.39, 0.29) is 62.8 Å². The molecular weight excluding hydrogens is 459 g/mol. The zero-order chi connectivity index (χ0) is 21.9. The summed E-state index contributed by atoms with van der Waals surface area (Å²) in [6.07, 6.45) is 3.22. The Balaban J connectivity index is -0.000000451. The molecule has 8 nitrogen and oxygen atoms in total. The summed E-state index contributed by atoms with van der Waals surface area (Å²) in [6.45, 7) is 11.2. The Labute approximate surface area is 193 Å². The van der Waals surface area contributed by atoms with Gasteiger partial charge < -0.3 is 0 Å². The SMILES string of the molecule is CCCC(=O)CC(=O)OOC(C)CC.CCCC(=O)CC(=O)OOC(C)CC.[Zr]. The summed E-state index contributed by atoms with van der Waals surface area (Å²) in [5, 5.41) is 0. The fourth-order valence-corrected chi connectivity index (χ4v) is 1.52. The molecule has 2 unspecified atom stereocenters. The number of hydrogen-bond acceptors (Lipinski definition) is 8. The third-order valence-electron chi connectivity index (χ3n) is 3.50. The zero-order valence-corrected chi connectivity index (χ0v) is 21.0. The first-order valence-electron chi connectivity index (χ1n) is 9.95. The van der Waals surface area contributed by atoms with Crippen molar-refractivity contribution in [3.63, 3.8) is 0 Å². The van der Waals surface area contributed by atoms with Gasteiger partial charge in [-0.2, -0.15) is 9.78 Å². The van der Waals surface area contributed by atoms with Crippen molar-refractivity contribution in [1.29, 1.82) is 0 Å². The maximum atomic E-state index is 11.0. The number of Topliss-reactive ketones (excluding diaryl/α,β-unsaturated/α-hetero) is 2. The smallest absolute Gasteiger partial charge is 0.299 e. The van der Waals surface area contributed by atoms with Crippen LogP contribution in [0.15, 0.2) is 0 Å². The molecule has 0 rings (SSSR count). The molecule has 0 aromatic carbocycles. The van der Waals surface area contributed by atoms with Crippen LogP contribution in [0.2, 0.25) is 0 Å². The first-order chi connectivity index (χ1) is 13.2. The number of ketones is 2. The van der Waals surface area contributed by atoms with Gasteiger partial charge in [0.25, 0.3) is 0 Å². The van der Waals surface area contributed by atoms with Gasteiger partial charge in [-0.05, 0) is 39.5 Å². The van der Waals surface area contributed by atoms with Gasteiger partial charge in [0.15, 0.2) is 0 Å². The van der Waals surface area contributed by atoms with Crippen LogP contribution < -0.4 is 0 Å². The standard InChI is InChI=1S/2C10H18O4.Zr/c2*1-4-6-9(11)7-10(12)14-13-8(3)5-2;/h2*8H,4-7H2,1-3H3;. The van der Waals surface area contributed by atoms with E-state index >= 15 is 0 Å². The first-order valence-corrected chi connectivity index (χ1v) is 9.95. The number of rotatable bonds is 14. The summed E-state index contributed by atoms with van der Waals surface area (Å²) in [4.78, 5) is 62.3. The summed E-state index contributed by atoms with van der Waals surface area (Å²) >= 11 is 0. The number of hydrogen-bond donors (Lipinski definition) is 0. The van der Waals surface area contributed by atoms with Crippen LogP contribution in [0.4, 0.5) is 0 Å². The van der Waals surface area contributed by atoms with Crippen LogP contribution in [-0.4, -0.2) is 35.7 Å². The minimum absolute atomic E-state index is 0. The normalized spacial score (nSPS) is 11.8. The van der Waals surface area contributed by atoms with Crippen LogP contribution in [0, 0.1) is 0 Å². The van der Waals surface area contributed by atoms with E-state index in [0.29, 0.717) is 12.8 Å². The molecule has 168 valence electrons. The average molecular weight is 496 g/mol. The summed E-state index contributed by atoms with van der Waals surface area (Å²) in [5.74, 6) is -1.43. The predicted octanol–water partition coefficient (Wildman–Crippen LogP) is 4.04. The first kappa shape index (κ1) is 32.7. The molecule has 0 aliphatic heterocycles. The molecule has 0 fully saturated rings. The van der Waals surface area contributed by atoms with E-state index in [4.69, 9.17) is 9.78 Å². The molecule has 0 spiro atoms. The molecule has 0 radical (unpaired) electrons. The third-order valence-corrected chi connectivity index (χ3v) is 3.50. The fourth-order valence-electron chi connectivity index (χ4n) is 1.52. The van der Waals surface area contributed by atoms with Crippen LogP contribution >= 0.6 is 0 Å². The molecule has 0 aromatic heterocycles. The van der Waals surface area contributed by atoms with Crippen molar-refractivity contribution in [2.24, 2.45) is 0 Å². The van der Waals surface area contributed by atoms with Gasteiger partial charge in [0, 0.05) is 39.0 Å². The van der Waals surface area contributed by atoms with Gasteiger partial charge in [-0.25, -0.2) is 9.59 Å². The van der Waals surface area contributed by atoms with E-state index in [1.807, 2.05) is 27.7 Å². The van der Waals surface area contributed by atoms with Crippen molar-refractivity contribution < 1.29 is 64.9 Å². The quantitative estimate of drug-likeness (QED) is 0.202. The van der Waals surface area contributed by atoms with Crippen molar-refractivity contribution in [2.45, 2.75) is 105 Å². The van der Waals surface area contributed by atoms with E-state index in [1.54, 1.807) is 13.8 Å².